The Hall–Kier alpha value is -2.28. The number of nitrogens with one attached hydrogen (secondary N) is 1. The second-order valence-corrected chi connectivity index (χ2v) is 7.42. The summed E-state index contributed by atoms with van der Waals surface area (Å²) in [7, 11) is 0. The van der Waals surface area contributed by atoms with E-state index in [9.17, 15) is 14.4 Å². The molecule has 0 radical (unpaired) electrons. The Balaban J connectivity index is 1.52. The minimum atomic E-state index is -0.638. The van der Waals surface area contributed by atoms with E-state index < -0.39 is 24.4 Å². The molecular weight excluding hydrogens is 427 g/mol. The molecule has 0 bridgehead atoms. The molecule has 146 valence electrons. The number of rotatable bonds is 5. The average Bonchev–Trinajstić information content (AvgIpc) is 3.05. The first-order valence-corrected chi connectivity index (χ1v) is 9.44. The molecule has 1 aliphatic rings. The Morgan fingerprint density at radius 1 is 1.07 bits per heavy atom. The molecule has 0 saturated carbocycles. The largest absolute Gasteiger partial charge is 0.455 e. The minimum Gasteiger partial charge on any atom is -0.455 e. The van der Waals surface area contributed by atoms with Crippen LogP contribution in [0.5, 0.6) is 0 Å². The van der Waals surface area contributed by atoms with Gasteiger partial charge in [0.1, 0.15) is 0 Å². The van der Waals surface area contributed by atoms with E-state index in [4.69, 9.17) is 39.5 Å². The number of anilines is 2. The van der Waals surface area contributed by atoms with Crippen LogP contribution in [-0.4, -0.2) is 30.9 Å². The van der Waals surface area contributed by atoms with Crippen LogP contribution in [-0.2, 0) is 19.1 Å². The Bertz CT molecular complexity index is 918. The molecule has 3 rings (SSSR count). The van der Waals surface area contributed by atoms with E-state index in [0.29, 0.717) is 26.4 Å². The molecular formula is C19H15Cl3N2O4. The average molecular weight is 442 g/mol. The van der Waals surface area contributed by atoms with E-state index in [0.717, 1.165) is 0 Å². The zero-order valence-electron chi connectivity index (χ0n) is 14.5. The minimum absolute atomic E-state index is 0.0237. The first-order chi connectivity index (χ1) is 13.3. The fraction of sp³-hybridized carbons (Fsp3) is 0.211. The molecule has 2 amide bonds. The number of carbonyl (C=O) groups excluding carboxylic acids is 3. The third-order valence-electron chi connectivity index (χ3n) is 4.15. The second-order valence-electron chi connectivity index (χ2n) is 6.17. The van der Waals surface area contributed by atoms with Gasteiger partial charge >= 0.3 is 5.97 Å². The molecule has 0 spiro atoms. The van der Waals surface area contributed by atoms with Crippen LogP contribution >= 0.6 is 34.8 Å². The summed E-state index contributed by atoms with van der Waals surface area (Å²) >= 11 is 17.6. The smallest absolute Gasteiger partial charge is 0.311 e. The molecule has 1 saturated heterocycles. The third-order valence-corrected chi connectivity index (χ3v) is 5.14. The molecule has 6 nitrogen and oxygen atoms in total. The second kappa shape index (κ2) is 8.82. The first kappa shape index (κ1) is 20.5. The Morgan fingerprint density at radius 3 is 2.46 bits per heavy atom. The van der Waals surface area contributed by atoms with Gasteiger partial charge in [-0.3, -0.25) is 14.4 Å². The molecule has 1 fully saturated rings. The van der Waals surface area contributed by atoms with Crippen LogP contribution in [0.2, 0.25) is 15.1 Å². The summed E-state index contributed by atoms with van der Waals surface area (Å²) in [5, 5.41) is 3.77. The molecule has 0 aliphatic carbocycles. The van der Waals surface area contributed by atoms with E-state index in [2.05, 4.69) is 5.32 Å². The molecule has 2 aromatic carbocycles. The van der Waals surface area contributed by atoms with Gasteiger partial charge in [-0.1, -0.05) is 34.8 Å². The van der Waals surface area contributed by atoms with Crippen molar-refractivity contribution < 1.29 is 19.1 Å². The van der Waals surface area contributed by atoms with E-state index in [-0.39, 0.29) is 18.9 Å². The summed E-state index contributed by atoms with van der Waals surface area (Å²) in [6.07, 6.45) is 0.0237. The number of nitrogens with zero attached hydrogens (tertiary/aromatic N) is 1. The summed E-state index contributed by atoms with van der Waals surface area (Å²) in [6, 6.07) is 11.4. The summed E-state index contributed by atoms with van der Waals surface area (Å²) in [5.74, 6) is -1.95. The quantitative estimate of drug-likeness (QED) is 0.706. The molecule has 9 heteroatoms. The highest BCUT2D eigenvalue weighted by Crippen LogP contribution is 2.27. The summed E-state index contributed by atoms with van der Waals surface area (Å²) < 4.78 is 5.06. The lowest BCUT2D eigenvalue weighted by Crippen LogP contribution is -2.28. The van der Waals surface area contributed by atoms with Crippen molar-refractivity contribution in [3.05, 3.63) is 57.5 Å². The van der Waals surface area contributed by atoms with Crippen molar-refractivity contribution in [2.24, 2.45) is 5.92 Å². The van der Waals surface area contributed by atoms with Crippen LogP contribution in [0.25, 0.3) is 0 Å². The standard InChI is InChI=1S/C19H15Cl3N2O4/c20-12-1-4-14(5-2-12)24-9-11(7-18(24)26)19(27)28-10-17(25)23-13-3-6-15(21)16(22)8-13/h1-6,8,11H,7,9-10H2,(H,23,25)/t11-/m0/s1. The fourth-order valence-electron chi connectivity index (χ4n) is 2.76. The SMILES string of the molecule is O=C(COC(=O)[C@H]1CC(=O)N(c2ccc(Cl)cc2)C1)Nc1ccc(Cl)c(Cl)c1. The topological polar surface area (TPSA) is 75.7 Å². The van der Waals surface area contributed by atoms with Gasteiger partial charge in [0.25, 0.3) is 5.91 Å². The summed E-state index contributed by atoms with van der Waals surface area (Å²) in [5.41, 5.74) is 1.09. The van der Waals surface area contributed by atoms with Gasteiger partial charge in [-0.05, 0) is 42.5 Å². The van der Waals surface area contributed by atoms with Crippen molar-refractivity contribution in [3.8, 4) is 0 Å². The lowest BCUT2D eigenvalue weighted by Gasteiger charge is -2.16. The maximum Gasteiger partial charge on any atom is 0.311 e. The van der Waals surface area contributed by atoms with Crippen LogP contribution in [0.3, 0.4) is 0 Å². The molecule has 1 heterocycles. The first-order valence-electron chi connectivity index (χ1n) is 8.31. The van der Waals surface area contributed by atoms with Gasteiger partial charge in [0.2, 0.25) is 5.91 Å². The van der Waals surface area contributed by atoms with Gasteiger partial charge in [0.15, 0.2) is 6.61 Å². The Labute approximate surface area is 176 Å². The zero-order valence-corrected chi connectivity index (χ0v) is 16.7. The van der Waals surface area contributed by atoms with Gasteiger partial charge in [0, 0.05) is 29.4 Å². The lowest BCUT2D eigenvalue weighted by atomic mass is 10.1. The predicted octanol–water partition coefficient (Wildman–Crippen LogP) is 4.18. The van der Waals surface area contributed by atoms with E-state index >= 15 is 0 Å². The number of hydrogen-bond donors (Lipinski definition) is 1. The van der Waals surface area contributed by atoms with E-state index in [1.54, 1.807) is 36.4 Å². The van der Waals surface area contributed by atoms with Gasteiger partial charge < -0.3 is 15.0 Å². The molecule has 2 aromatic rings. The number of ether oxygens (including phenoxy) is 1. The van der Waals surface area contributed by atoms with Crippen molar-refractivity contribution in [3.63, 3.8) is 0 Å². The monoisotopic (exact) mass is 440 g/mol. The number of benzene rings is 2. The van der Waals surface area contributed by atoms with Crippen LogP contribution in [0, 0.1) is 5.92 Å². The van der Waals surface area contributed by atoms with Crippen molar-refractivity contribution in [2.75, 3.05) is 23.4 Å². The highest BCUT2D eigenvalue weighted by molar-refractivity contribution is 6.42. The maximum absolute atomic E-state index is 12.2. The lowest BCUT2D eigenvalue weighted by molar-refractivity contribution is -0.151. The van der Waals surface area contributed by atoms with Crippen molar-refractivity contribution >= 4 is 64.0 Å². The number of hydrogen-bond acceptors (Lipinski definition) is 4. The van der Waals surface area contributed by atoms with Gasteiger partial charge in [-0.15, -0.1) is 0 Å². The molecule has 28 heavy (non-hydrogen) atoms. The van der Waals surface area contributed by atoms with Gasteiger partial charge in [0.05, 0.1) is 16.0 Å². The van der Waals surface area contributed by atoms with E-state index in [1.165, 1.54) is 11.0 Å². The molecule has 1 aliphatic heterocycles. The summed E-state index contributed by atoms with van der Waals surface area (Å²) in [6.45, 7) is -0.279. The zero-order chi connectivity index (χ0) is 20.3. The van der Waals surface area contributed by atoms with Crippen molar-refractivity contribution in [2.45, 2.75) is 6.42 Å². The number of carbonyl (C=O) groups is 3. The van der Waals surface area contributed by atoms with Crippen LogP contribution in [0.4, 0.5) is 11.4 Å². The molecule has 0 unspecified atom stereocenters. The van der Waals surface area contributed by atoms with Crippen LogP contribution < -0.4 is 10.2 Å². The highest BCUT2D eigenvalue weighted by Gasteiger charge is 2.36. The fourth-order valence-corrected chi connectivity index (χ4v) is 3.19. The summed E-state index contributed by atoms with van der Waals surface area (Å²) in [4.78, 5) is 37.9. The molecule has 1 atom stereocenters. The number of halogens is 3. The van der Waals surface area contributed by atoms with Crippen molar-refractivity contribution in [1.29, 1.82) is 0 Å². The molecule has 1 N–H and O–H groups in total. The van der Waals surface area contributed by atoms with Crippen LogP contribution in [0.1, 0.15) is 6.42 Å². The van der Waals surface area contributed by atoms with Gasteiger partial charge in [-0.25, -0.2) is 0 Å². The number of amides is 2. The number of esters is 1. The maximum atomic E-state index is 12.2. The predicted molar refractivity (Wildman–Crippen MR) is 108 cm³/mol. The van der Waals surface area contributed by atoms with Crippen molar-refractivity contribution in [1.82, 2.24) is 0 Å². The van der Waals surface area contributed by atoms with E-state index in [1.807, 2.05) is 0 Å². The van der Waals surface area contributed by atoms with Gasteiger partial charge in [-0.2, -0.15) is 0 Å². The normalized spacial score (nSPS) is 16.2. The Kier molecular flexibility index (Phi) is 6.44. The Morgan fingerprint density at radius 2 is 1.79 bits per heavy atom. The molecule has 0 aromatic heterocycles. The van der Waals surface area contributed by atoms with Crippen LogP contribution in [0.15, 0.2) is 42.5 Å². The third kappa shape index (κ3) is 4.95. The highest BCUT2D eigenvalue weighted by atomic mass is 35.5.